The van der Waals surface area contributed by atoms with Crippen LogP contribution in [0.25, 0.3) is 0 Å². The van der Waals surface area contributed by atoms with E-state index in [9.17, 15) is 14.7 Å². The lowest BCUT2D eigenvalue weighted by Crippen LogP contribution is -2.45. The molecule has 1 spiro atoms. The number of benzene rings is 2. The number of rotatable bonds is 10. The lowest BCUT2D eigenvalue weighted by Gasteiger charge is -2.31. The molecule has 1 saturated heterocycles. The third-order valence-corrected chi connectivity index (χ3v) is 10.6. The number of aromatic nitrogens is 3. The van der Waals surface area contributed by atoms with Gasteiger partial charge in [0.1, 0.15) is 0 Å². The van der Waals surface area contributed by atoms with Gasteiger partial charge >= 0.3 is 0 Å². The van der Waals surface area contributed by atoms with Crippen LogP contribution in [0.3, 0.4) is 0 Å². The fraction of sp³-hybridized carbons (Fsp3) is 0.400. The molecule has 11 heteroatoms. The smallest absolute Gasteiger partial charge is 0.264 e. The van der Waals surface area contributed by atoms with Gasteiger partial charge in [0, 0.05) is 60.6 Å². The SMILES string of the molecule is C=CCN1C(=O)[C@@]2(O[C@@H](CCn3cc(CCO)nn3)[C@H]([Si](C)(C)F)[C@H]2C)c2cc(NC(=O)c3ccccc3)ccc21. The Bertz CT molecular complexity index is 1440. The van der Waals surface area contributed by atoms with Gasteiger partial charge in [0.25, 0.3) is 11.8 Å². The van der Waals surface area contributed by atoms with Crippen LogP contribution in [0.1, 0.15) is 35.0 Å². The molecule has 3 aromatic rings. The fourth-order valence-electron chi connectivity index (χ4n) is 6.43. The van der Waals surface area contributed by atoms with Crippen LogP contribution in [0.15, 0.2) is 67.4 Å². The number of aryl methyl sites for hydroxylation is 1. The molecule has 2 aliphatic rings. The van der Waals surface area contributed by atoms with Gasteiger partial charge in [0.05, 0.1) is 17.5 Å². The molecule has 9 nitrogen and oxygen atoms in total. The first kappa shape index (κ1) is 28.8. The summed E-state index contributed by atoms with van der Waals surface area (Å²) in [6.07, 6.45) is 3.73. The predicted octanol–water partition coefficient (Wildman–Crippen LogP) is 4.46. The number of hydrogen-bond donors (Lipinski definition) is 2. The highest BCUT2D eigenvalue weighted by molar-refractivity contribution is 6.72. The van der Waals surface area contributed by atoms with E-state index in [1.807, 2.05) is 13.0 Å². The molecule has 216 valence electrons. The highest BCUT2D eigenvalue weighted by Crippen LogP contribution is 2.60. The van der Waals surface area contributed by atoms with E-state index in [1.54, 1.807) is 77.4 Å². The van der Waals surface area contributed by atoms with Crippen molar-refractivity contribution in [1.82, 2.24) is 15.0 Å². The second kappa shape index (κ2) is 11.3. The number of carbonyl (C=O) groups excluding carboxylic acids is 2. The van der Waals surface area contributed by atoms with Gasteiger partial charge < -0.3 is 24.2 Å². The summed E-state index contributed by atoms with van der Waals surface area (Å²) in [4.78, 5) is 28.8. The van der Waals surface area contributed by atoms with Crippen molar-refractivity contribution in [2.75, 3.05) is 23.4 Å². The number of anilines is 2. The fourth-order valence-corrected chi connectivity index (χ4v) is 8.98. The number of hydrogen-bond acceptors (Lipinski definition) is 6. The predicted molar refractivity (Wildman–Crippen MR) is 157 cm³/mol. The number of fused-ring (bicyclic) bond motifs is 2. The molecular formula is C30H36FN5O4Si. The summed E-state index contributed by atoms with van der Waals surface area (Å²) >= 11 is 0. The topological polar surface area (TPSA) is 110 Å². The van der Waals surface area contributed by atoms with E-state index in [1.165, 1.54) is 0 Å². The summed E-state index contributed by atoms with van der Waals surface area (Å²) in [5.41, 5.74) is 1.14. The first-order chi connectivity index (χ1) is 19.6. The number of nitrogens with one attached hydrogen (secondary N) is 1. The number of amides is 2. The molecule has 2 aromatic carbocycles. The number of aliphatic hydroxyl groups is 1. The second-order valence-corrected chi connectivity index (χ2v) is 15.1. The monoisotopic (exact) mass is 577 g/mol. The van der Waals surface area contributed by atoms with Gasteiger partial charge in [-0.1, -0.05) is 36.4 Å². The molecule has 1 aromatic heterocycles. The Hall–Kier alpha value is -3.67. The van der Waals surface area contributed by atoms with E-state index in [0.29, 0.717) is 47.6 Å². The minimum Gasteiger partial charge on any atom is -0.396 e. The van der Waals surface area contributed by atoms with Crippen molar-refractivity contribution in [3.63, 3.8) is 0 Å². The van der Waals surface area contributed by atoms with Crippen molar-refractivity contribution in [1.29, 1.82) is 0 Å². The molecule has 5 rings (SSSR count). The van der Waals surface area contributed by atoms with E-state index in [-0.39, 0.29) is 25.0 Å². The van der Waals surface area contributed by atoms with Crippen LogP contribution in [0.2, 0.25) is 18.6 Å². The van der Waals surface area contributed by atoms with Crippen LogP contribution in [0, 0.1) is 5.92 Å². The number of ether oxygens (including phenoxy) is 1. The molecule has 3 heterocycles. The molecule has 0 bridgehead atoms. The van der Waals surface area contributed by atoms with Crippen LogP contribution >= 0.6 is 0 Å². The van der Waals surface area contributed by atoms with Crippen molar-refractivity contribution in [2.24, 2.45) is 5.92 Å². The van der Waals surface area contributed by atoms with Gasteiger partial charge in [-0.3, -0.25) is 14.3 Å². The highest BCUT2D eigenvalue weighted by Gasteiger charge is 2.66. The Morgan fingerprint density at radius 2 is 2.02 bits per heavy atom. The van der Waals surface area contributed by atoms with Crippen LogP contribution < -0.4 is 10.2 Å². The molecule has 2 amide bonds. The van der Waals surface area contributed by atoms with E-state index in [2.05, 4.69) is 22.2 Å². The average molecular weight is 578 g/mol. The van der Waals surface area contributed by atoms with Crippen LogP contribution in [-0.2, 0) is 28.1 Å². The van der Waals surface area contributed by atoms with Gasteiger partial charge in [0.2, 0.25) is 8.41 Å². The van der Waals surface area contributed by atoms with Crippen molar-refractivity contribution in [2.45, 2.75) is 56.7 Å². The molecule has 4 atom stereocenters. The third-order valence-electron chi connectivity index (χ3n) is 8.16. The van der Waals surface area contributed by atoms with E-state index in [0.717, 1.165) is 0 Å². The first-order valence-electron chi connectivity index (χ1n) is 13.9. The van der Waals surface area contributed by atoms with E-state index >= 15 is 4.11 Å². The molecule has 0 unspecified atom stereocenters. The molecule has 41 heavy (non-hydrogen) atoms. The van der Waals surface area contributed by atoms with Gasteiger partial charge in [-0.05, 0) is 49.8 Å². The number of aliphatic hydroxyl groups excluding tert-OH is 1. The maximum absolute atomic E-state index is 16.0. The zero-order valence-electron chi connectivity index (χ0n) is 23.6. The maximum Gasteiger partial charge on any atom is 0.264 e. The van der Waals surface area contributed by atoms with E-state index < -0.39 is 31.6 Å². The Morgan fingerprint density at radius 3 is 2.71 bits per heavy atom. The van der Waals surface area contributed by atoms with Crippen molar-refractivity contribution >= 4 is 31.6 Å². The molecule has 2 aliphatic heterocycles. The Labute approximate surface area is 240 Å². The zero-order valence-corrected chi connectivity index (χ0v) is 24.6. The normalized spacial score (nSPS) is 23.7. The van der Waals surface area contributed by atoms with Crippen LogP contribution in [0.4, 0.5) is 15.5 Å². The van der Waals surface area contributed by atoms with Crippen LogP contribution in [-0.4, -0.2) is 59.6 Å². The number of nitrogens with zero attached hydrogens (tertiary/aromatic N) is 4. The molecular weight excluding hydrogens is 541 g/mol. The van der Waals surface area contributed by atoms with Crippen molar-refractivity contribution < 1.29 is 23.5 Å². The average Bonchev–Trinajstić information content (AvgIpc) is 3.58. The second-order valence-electron chi connectivity index (χ2n) is 11.3. The summed E-state index contributed by atoms with van der Waals surface area (Å²) in [5.74, 6) is -0.974. The van der Waals surface area contributed by atoms with Gasteiger partial charge in [-0.25, -0.2) is 0 Å². The van der Waals surface area contributed by atoms with E-state index in [4.69, 9.17) is 4.74 Å². The van der Waals surface area contributed by atoms with Gasteiger partial charge in [0.15, 0.2) is 5.60 Å². The summed E-state index contributed by atoms with van der Waals surface area (Å²) in [5, 5.41) is 20.3. The minimum absolute atomic E-state index is 0.0231. The molecule has 2 N–H and O–H groups in total. The maximum atomic E-state index is 16.0. The number of halogens is 1. The summed E-state index contributed by atoms with van der Waals surface area (Å²) in [6, 6.07) is 14.2. The summed E-state index contributed by atoms with van der Waals surface area (Å²) in [7, 11) is -3.33. The standard InChI is InChI=1S/C30H36FN5O4Si/c1-5-15-36-25-12-11-22(32-28(38)21-9-7-6-8-10-21)18-24(25)30(29(36)39)20(2)27(41(3,4)31)26(40-30)13-16-35-19-23(14-17-37)33-34-35/h5-12,18-20,26-27,37H,1,13-17H2,2-4H3,(H,32,38)/t20-,26+,27-,30+/m1/s1. The van der Waals surface area contributed by atoms with Crippen LogP contribution in [0.5, 0.6) is 0 Å². The minimum atomic E-state index is -3.33. The summed E-state index contributed by atoms with van der Waals surface area (Å²) < 4.78 is 24.5. The lowest BCUT2D eigenvalue weighted by molar-refractivity contribution is -0.145. The lowest BCUT2D eigenvalue weighted by atomic mass is 9.82. The molecule has 1 fully saturated rings. The zero-order chi connectivity index (χ0) is 29.4. The summed E-state index contributed by atoms with van der Waals surface area (Å²) in [6.45, 7) is 9.74. The number of carbonyl (C=O) groups is 2. The molecule has 0 saturated carbocycles. The first-order valence-corrected chi connectivity index (χ1v) is 16.9. The Kier molecular flexibility index (Phi) is 7.95. The third kappa shape index (κ3) is 5.25. The Balaban J connectivity index is 1.50. The highest BCUT2D eigenvalue weighted by atomic mass is 28.4. The van der Waals surface area contributed by atoms with Gasteiger partial charge in [-0.2, -0.15) is 0 Å². The van der Waals surface area contributed by atoms with Gasteiger partial charge in [-0.15, -0.1) is 11.7 Å². The van der Waals surface area contributed by atoms with Crippen molar-refractivity contribution in [3.8, 4) is 0 Å². The largest absolute Gasteiger partial charge is 0.396 e. The van der Waals surface area contributed by atoms with Crippen molar-refractivity contribution in [3.05, 3.63) is 84.2 Å². The quantitative estimate of drug-likeness (QED) is 0.209. The molecule has 0 radical (unpaired) electrons. The molecule has 0 aliphatic carbocycles. The Morgan fingerprint density at radius 1 is 1.27 bits per heavy atom.